The molecule has 106 valence electrons. The second-order valence-electron chi connectivity index (χ2n) is 5.49. The first-order valence-electron chi connectivity index (χ1n) is 7.42. The van der Waals surface area contributed by atoms with Crippen LogP contribution in [0.4, 0.5) is 0 Å². The zero-order chi connectivity index (χ0) is 13.6. The Balaban J connectivity index is 1.48. The Bertz CT molecular complexity index is 498. The molecule has 0 atom stereocenters. The molecule has 4 heteroatoms. The number of H-pyrrole nitrogens is 1. The van der Waals surface area contributed by atoms with Crippen molar-refractivity contribution >= 4 is 0 Å². The van der Waals surface area contributed by atoms with E-state index in [1.54, 1.807) is 6.20 Å². The molecule has 2 aromatic rings. The number of nitrogens with zero attached hydrogens (tertiary/aromatic N) is 1. The van der Waals surface area contributed by atoms with Crippen molar-refractivity contribution in [2.75, 3.05) is 19.6 Å². The molecule has 1 aliphatic heterocycles. The molecule has 0 unspecified atom stereocenters. The fraction of sp³-hybridized carbons (Fsp3) is 0.438. The first-order valence-corrected chi connectivity index (χ1v) is 7.42. The minimum absolute atomic E-state index is 0.834. The average Bonchev–Trinajstić information content (AvgIpc) is 3.03. The van der Waals surface area contributed by atoms with Gasteiger partial charge in [-0.1, -0.05) is 24.3 Å². The summed E-state index contributed by atoms with van der Waals surface area (Å²) in [5.41, 5.74) is 3.59. The smallest absolute Gasteiger partial charge is 0.0650 e. The summed E-state index contributed by atoms with van der Waals surface area (Å²) in [6, 6.07) is 10.7. The lowest BCUT2D eigenvalue weighted by Crippen LogP contribution is -2.33. The summed E-state index contributed by atoms with van der Waals surface area (Å²) in [5.74, 6) is 0.834. The van der Waals surface area contributed by atoms with Crippen LogP contribution in [0.2, 0.25) is 0 Å². The van der Waals surface area contributed by atoms with Crippen molar-refractivity contribution in [2.45, 2.75) is 19.4 Å². The molecule has 1 fully saturated rings. The predicted molar refractivity (Wildman–Crippen MR) is 81.3 cm³/mol. The molecule has 0 saturated carbocycles. The SMILES string of the molecule is c1cc(-c2ccc(CNCC3CCNCC3)cc2)[nH]n1. The van der Waals surface area contributed by atoms with Crippen LogP contribution in [-0.2, 0) is 6.54 Å². The molecule has 1 aromatic carbocycles. The van der Waals surface area contributed by atoms with E-state index in [4.69, 9.17) is 0 Å². The number of aromatic amines is 1. The van der Waals surface area contributed by atoms with Crippen molar-refractivity contribution in [1.82, 2.24) is 20.8 Å². The quantitative estimate of drug-likeness (QED) is 0.780. The number of aromatic nitrogens is 2. The molecule has 0 amide bonds. The molecule has 20 heavy (non-hydrogen) atoms. The third-order valence-corrected chi connectivity index (χ3v) is 3.99. The maximum atomic E-state index is 3.98. The zero-order valence-corrected chi connectivity index (χ0v) is 11.7. The standard InChI is InChI=1S/C16H22N4/c1-3-15(16-7-10-19-20-16)4-2-13(1)11-18-12-14-5-8-17-9-6-14/h1-4,7,10,14,17-18H,5-6,8-9,11-12H2,(H,19,20). The minimum atomic E-state index is 0.834. The number of hydrogen-bond acceptors (Lipinski definition) is 3. The summed E-state index contributed by atoms with van der Waals surface area (Å²) < 4.78 is 0. The molecule has 4 nitrogen and oxygen atoms in total. The van der Waals surface area contributed by atoms with E-state index >= 15 is 0 Å². The van der Waals surface area contributed by atoms with Crippen LogP contribution in [0, 0.1) is 5.92 Å². The van der Waals surface area contributed by atoms with Gasteiger partial charge in [0, 0.05) is 12.7 Å². The van der Waals surface area contributed by atoms with E-state index < -0.39 is 0 Å². The number of rotatable bonds is 5. The largest absolute Gasteiger partial charge is 0.317 e. The second-order valence-corrected chi connectivity index (χ2v) is 5.49. The molecular weight excluding hydrogens is 248 g/mol. The third-order valence-electron chi connectivity index (χ3n) is 3.99. The van der Waals surface area contributed by atoms with E-state index in [0.717, 1.165) is 24.7 Å². The van der Waals surface area contributed by atoms with Gasteiger partial charge in [0.1, 0.15) is 0 Å². The van der Waals surface area contributed by atoms with Crippen molar-refractivity contribution in [1.29, 1.82) is 0 Å². The van der Waals surface area contributed by atoms with Crippen LogP contribution in [0.25, 0.3) is 11.3 Å². The van der Waals surface area contributed by atoms with Gasteiger partial charge in [0.05, 0.1) is 5.69 Å². The number of hydrogen-bond donors (Lipinski definition) is 3. The summed E-state index contributed by atoms with van der Waals surface area (Å²) in [7, 11) is 0. The van der Waals surface area contributed by atoms with Crippen molar-refractivity contribution in [2.24, 2.45) is 5.92 Å². The lowest BCUT2D eigenvalue weighted by Gasteiger charge is -2.22. The van der Waals surface area contributed by atoms with Crippen LogP contribution in [0.5, 0.6) is 0 Å². The maximum absolute atomic E-state index is 3.98. The second kappa shape index (κ2) is 6.68. The first kappa shape index (κ1) is 13.3. The highest BCUT2D eigenvalue weighted by molar-refractivity contribution is 5.58. The summed E-state index contributed by atoms with van der Waals surface area (Å²) >= 11 is 0. The summed E-state index contributed by atoms with van der Waals surface area (Å²) in [5, 5.41) is 14.0. The highest BCUT2D eigenvalue weighted by Gasteiger charge is 2.11. The van der Waals surface area contributed by atoms with Gasteiger partial charge in [-0.25, -0.2) is 0 Å². The zero-order valence-electron chi connectivity index (χ0n) is 11.7. The molecule has 3 N–H and O–H groups in total. The van der Waals surface area contributed by atoms with Gasteiger partial charge in [0.15, 0.2) is 0 Å². The fourth-order valence-corrected chi connectivity index (χ4v) is 2.73. The van der Waals surface area contributed by atoms with Crippen LogP contribution in [-0.4, -0.2) is 29.8 Å². The molecule has 1 aliphatic rings. The number of piperidine rings is 1. The molecule has 0 spiro atoms. The number of nitrogens with one attached hydrogen (secondary N) is 3. The molecule has 0 radical (unpaired) electrons. The fourth-order valence-electron chi connectivity index (χ4n) is 2.73. The topological polar surface area (TPSA) is 52.7 Å². The normalized spacial score (nSPS) is 16.4. The lowest BCUT2D eigenvalue weighted by molar-refractivity contribution is 0.356. The summed E-state index contributed by atoms with van der Waals surface area (Å²) in [4.78, 5) is 0. The van der Waals surface area contributed by atoms with E-state index in [0.29, 0.717) is 0 Å². The van der Waals surface area contributed by atoms with Crippen molar-refractivity contribution in [3.05, 3.63) is 42.1 Å². The van der Waals surface area contributed by atoms with Gasteiger partial charge in [-0.05, 0) is 55.6 Å². The van der Waals surface area contributed by atoms with Crippen LogP contribution in [0.1, 0.15) is 18.4 Å². The summed E-state index contributed by atoms with van der Waals surface area (Å²) in [6.07, 6.45) is 4.38. The van der Waals surface area contributed by atoms with E-state index in [-0.39, 0.29) is 0 Å². The van der Waals surface area contributed by atoms with Gasteiger partial charge in [-0.3, -0.25) is 5.10 Å². The van der Waals surface area contributed by atoms with Crippen LogP contribution < -0.4 is 10.6 Å². The van der Waals surface area contributed by atoms with Gasteiger partial charge >= 0.3 is 0 Å². The van der Waals surface area contributed by atoms with Gasteiger partial charge in [-0.15, -0.1) is 0 Å². The Morgan fingerprint density at radius 2 is 1.90 bits per heavy atom. The third kappa shape index (κ3) is 3.46. The molecule has 0 aliphatic carbocycles. The maximum Gasteiger partial charge on any atom is 0.0650 e. The highest BCUT2D eigenvalue weighted by Crippen LogP contribution is 2.16. The Kier molecular flexibility index (Phi) is 4.46. The monoisotopic (exact) mass is 270 g/mol. The molecule has 2 heterocycles. The Labute approximate surface area is 120 Å². The molecule has 1 aromatic heterocycles. The van der Waals surface area contributed by atoms with E-state index in [1.165, 1.54) is 37.1 Å². The lowest BCUT2D eigenvalue weighted by atomic mass is 9.98. The molecule has 0 bridgehead atoms. The van der Waals surface area contributed by atoms with Gasteiger partial charge in [-0.2, -0.15) is 5.10 Å². The number of benzene rings is 1. The van der Waals surface area contributed by atoms with Gasteiger partial charge in [0.25, 0.3) is 0 Å². The summed E-state index contributed by atoms with van der Waals surface area (Å²) in [6.45, 7) is 4.42. The van der Waals surface area contributed by atoms with Gasteiger partial charge in [0.2, 0.25) is 0 Å². The van der Waals surface area contributed by atoms with Crippen LogP contribution in [0.15, 0.2) is 36.5 Å². The predicted octanol–water partition coefficient (Wildman–Crippen LogP) is 2.17. The van der Waals surface area contributed by atoms with Gasteiger partial charge < -0.3 is 10.6 Å². The van der Waals surface area contributed by atoms with Crippen molar-refractivity contribution in [3.8, 4) is 11.3 Å². The minimum Gasteiger partial charge on any atom is -0.317 e. The molecule has 3 rings (SSSR count). The Hall–Kier alpha value is -1.65. The first-order chi connectivity index (χ1) is 9.92. The van der Waals surface area contributed by atoms with Crippen molar-refractivity contribution in [3.63, 3.8) is 0 Å². The van der Waals surface area contributed by atoms with E-state index in [9.17, 15) is 0 Å². The van der Waals surface area contributed by atoms with Crippen LogP contribution >= 0.6 is 0 Å². The highest BCUT2D eigenvalue weighted by atomic mass is 15.1. The average molecular weight is 270 g/mol. The van der Waals surface area contributed by atoms with E-state index in [2.05, 4.69) is 45.1 Å². The molecular formula is C16H22N4. The molecule has 1 saturated heterocycles. The Morgan fingerprint density at radius 1 is 1.10 bits per heavy atom. The Morgan fingerprint density at radius 3 is 2.60 bits per heavy atom. The van der Waals surface area contributed by atoms with Crippen LogP contribution in [0.3, 0.4) is 0 Å². The van der Waals surface area contributed by atoms with Crippen molar-refractivity contribution < 1.29 is 0 Å². The van der Waals surface area contributed by atoms with E-state index in [1.807, 2.05) is 6.07 Å².